The van der Waals surface area contributed by atoms with Crippen molar-refractivity contribution in [1.29, 1.82) is 0 Å². The smallest absolute Gasteiger partial charge is 0.310 e. The predicted molar refractivity (Wildman–Crippen MR) is 116 cm³/mol. The van der Waals surface area contributed by atoms with Crippen molar-refractivity contribution in [3.63, 3.8) is 0 Å². The number of aromatic nitrogens is 2. The fourth-order valence-corrected chi connectivity index (χ4v) is 4.08. The van der Waals surface area contributed by atoms with Gasteiger partial charge in [0.05, 0.1) is 24.0 Å². The molecule has 0 saturated carbocycles. The minimum absolute atomic E-state index is 0.00479. The van der Waals surface area contributed by atoms with Gasteiger partial charge in [0.15, 0.2) is 0 Å². The number of hydrogen-bond donors (Lipinski definition) is 1. The second-order valence-corrected chi connectivity index (χ2v) is 7.75. The monoisotopic (exact) mass is 432 g/mol. The standard InChI is InChI=1S/C23H17ClN4O3/c24-16-6-5-15-12-28(23(30)22-26-7-8-31-22)13-19(18(15)9-16)21(29)27-20-11-25-10-14-3-1-2-4-17(14)20/h1-11,19H,12-13H2,(H,27,29). The van der Waals surface area contributed by atoms with E-state index in [1.165, 1.54) is 12.5 Å². The third kappa shape index (κ3) is 3.64. The summed E-state index contributed by atoms with van der Waals surface area (Å²) in [4.78, 5) is 36.0. The van der Waals surface area contributed by atoms with Gasteiger partial charge in [0.1, 0.15) is 6.26 Å². The Morgan fingerprint density at radius 3 is 2.87 bits per heavy atom. The third-order valence-electron chi connectivity index (χ3n) is 5.39. The summed E-state index contributed by atoms with van der Waals surface area (Å²) in [6, 6.07) is 13.1. The van der Waals surface area contributed by atoms with Gasteiger partial charge in [0.25, 0.3) is 5.89 Å². The molecular formula is C23H17ClN4O3. The van der Waals surface area contributed by atoms with E-state index in [0.29, 0.717) is 17.3 Å². The Kier molecular flexibility index (Phi) is 4.88. The maximum absolute atomic E-state index is 13.4. The Bertz CT molecular complexity index is 1280. The molecule has 0 radical (unpaired) electrons. The molecule has 0 bridgehead atoms. The Hall–Kier alpha value is -3.71. The second-order valence-electron chi connectivity index (χ2n) is 7.32. The van der Waals surface area contributed by atoms with Gasteiger partial charge >= 0.3 is 5.91 Å². The number of oxazole rings is 1. The average molecular weight is 433 g/mol. The minimum Gasteiger partial charge on any atom is -0.441 e. The van der Waals surface area contributed by atoms with Crippen molar-refractivity contribution in [2.75, 3.05) is 11.9 Å². The van der Waals surface area contributed by atoms with E-state index in [1.54, 1.807) is 29.4 Å². The Morgan fingerprint density at radius 2 is 2.03 bits per heavy atom. The van der Waals surface area contributed by atoms with Gasteiger partial charge in [-0.05, 0) is 23.3 Å². The van der Waals surface area contributed by atoms with E-state index in [1.807, 2.05) is 30.3 Å². The van der Waals surface area contributed by atoms with Gasteiger partial charge in [-0.2, -0.15) is 0 Å². The number of hydrogen-bond acceptors (Lipinski definition) is 5. The van der Waals surface area contributed by atoms with Crippen molar-refractivity contribution in [1.82, 2.24) is 14.9 Å². The highest BCUT2D eigenvalue weighted by atomic mass is 35.5. The molecular weight excluding hydrogens is 416 g/mol. The summed E-state index contributed by atoms with van der Waals surface area (Å²) in [5.74, 6) is -1.23. The lowest BCUT2D eigenvalue weighted by atomic mass is 9.88. The number of amides is 2. The van der Waals surface area contributed by atoms with Crippen LogP contribution >= 0.6 is 11.6 Å². The molecule has 1 N–H and O–H groups in total. The molecule has 0 spiro atoms. The first-order valence-electron chi connectivity index (χ1n) is 9.71. The number of halogens is 1. The first-order chi connectivity index (χ1) is 15.1. The van der Waals surface area contributed by atoms with Crippen LogP contribution in [0.5, 0.6) is 0 Å². The van der Waals surface area contributed by atoms with Gasteiger partial charge in [-0.25, -0.2) is 4.98 Å². The van der Waals surface area contributed by atoms with Gasteiger partial charge in [0.2, 0.25) is 5.91 Å². The van der Waals surface area contributed by atoms with Crippen LogP contribution in [-0.2, 0) is 11.3 Å². The lowest BCUT2D eigenvalue weighted by Crippen LogP contribution is -2.42. The molecule has 1 unspecified atom stereocenters. The molecule has 1 atom stereocenters. The van der Waals surface area contributed by atoms with Gasteiger partial charge in [-0.15, -0.1) is 0 Å². The first kappa shape index (κ1) is 19.3. The highest BCUT2D eigenvalue weighted by Gasteiger charge is 2.34. The Balaban J connectivity index is 1.49. The van der Waals surface area contributed by atoms with Crippen LogP contribution in [0.25, 0.3) is 10.8 Å². The van der Waals surface area contributed by atoms with Crippen LogP contribution in [-0.4, -0.2) is 33.2 Å². The number of rotatable bonds is 3. The summed E-state index contributed by atoms with van der Waals surface area (Å²) in [5.41, 5.74) is 2.27. The summed E-state index contributed by atoms with van der Waals surface area (Å²) in [6.07, 6.45) is 6.14. The molecule has 7 nitrogen and oxygen atoms in total. The normalized spacial score (nSPS) is 15.5. The van der Waals surface area contributed by atoms with E-state index < -0.39 is 5.92 Å². The van der Waals surface area contributed by atoms with Crippen molar-refractivity contribution < 1.29 is 14.0 Å². The average Bonchev–Trinajstić information content (AvgIpc) is 3.33. The number of benzene rings is 2. The molecule has 154 valence electrons. The van der Waals surface area contributed by atoms with Crippen molar-refractivity contribution in [2.45, 2.75) is 12.5 Å². The minimum atomic E-state index is -0.611. The van der Waals surface area contributed by atoms with Crippen LogP contribution in [0, 0.1) is 0 Å². The van der Waals surface area contributed by atoms with Crippen molar-refractivity contribution in [3.8, 4) is 0 Å². The van der Waals surface area contributed by atoms with Crippen LogP contribution in [0.2, 0.25) is 5.02 Å². The molecule has 0 fully saturated rings. The number of nitrogens with one attached hydrogen (secondary N) is 1. The molecule has 1 aliphatic rings. The van der Waals surface area contributed by atoms with Crippen LogP contribution in [0.4, 0.5) is 5.69 Å². The van der Waals surface area contributed by atoms with Crippen LogP contribution in [0.15, 0.2) is 71.7 Å². The van der Waals surface area contributed by atoms with E-state index in [-0.39, 0.29) is 24.2 Å². The number of carbonyl (C=O) groups excluding carboxylic acids is 2. The predicted octanol–water partition coefficient (Wildman–Crippen LogP) is 4.25. The summed E-state index contributed by atoms with van der Waals surface area (Å²) in [7, 11) is 0. The maximum atomic E-state index is 13.4. The molecule has 8 heteroatoms. The SMILES string of the molecule is O=C(Nc1cncc2ccccc12)C1CN(C(=O)c2ncco2)Cc2ccc(Cl)cc21. The summed E-state index contributed by atoms with van der Waals surface area (Å²) in [6.45, 7) is 0.520. The van der Waals surface area contributed by atoms with E-state index in [9.17, 15) is 9.59 Å². The zero-order valence-electron chi connectivity index (χ0n) is 16.3. The zero-order chi connectivity index (χ0) is 21.4. The van der Waals surface area contributed by atoms with E-state index >= 15 is 0 Å². The number of carbonyl (C=O) groups is 2. The molecule has 0 aliphatic carbocycles. The zero-order valence-corrected chi connectivity index (χ0v) is 17.0. The molecule has 3 heterocycles. The molecule has 1 aliphatic heterocycles. The molecule has 4 aromatic rings. The van der Waals surface area contributed by atoms with Crippen molar-refractivity contribution in [2.24, 2.45) is 0 Å². The molecule has 2 aromatic heterocycles. The highest BCUT2D eigenvalue weighted by molar-refractivity contribution is 6.30. The van der Waals surface area contributed by atoms with E-state index in [0.717, 1.165) is 21.9 Å². The molecule has 2 aromatic carbocycles. The molecule has 31 heavy (non-hydrogen) atoms. The molecule has 5 rings (SSSR count). The fraction of sp³-hybridized carbons (Fsp3) is 0.130. The number of pyridine rings is 1. The number of nitrogens with zero attached hydrogens (tertiary/aromatic N) is 3. The third-order valence-corrected chi connectivity index (χ3v) is 5.63. The lowest BCUT2D eigenvalue weighted by molar-refractivity contribution is -0.118. The Labute approximate surface area is 182 Å². The highest BCUT2D eigenvalue weighted by Crippen LogP contribution is 2.33. The fourth-order valence-electron chi connectivity index (χ4n) is 3.90. The van der Waals surface area contributed by atoms with E-state index in [2.05, 4.69) is 15.3 Å². The lowest BCUT2D eigenvalue weighted by Gasteiger charge is -2.33. The summed E-state index contributed by atoms with van der Waals surface area (Å²) in [5, 5.41) is 5.34. The van der Waals surface area contributed by atoms with Crippen LogP contribution in [0.3, 0.4) is 0 Å². The van der Waals surface area contributed by atoms with E-state index in [4.69, 9.17) is 16.0 Å². The molecule has 2 amide bonds. The van der Waals surface area contributed by atoms with Crippen molar-refractivity contribution in [3.05, 3.63) is 89.4 Å². The van der Waals surface area contributed by atoms with Crippen LogP contribution in [0.1, 0.15) is 27.7 Å². The quantitative estimate of drug-likeness (QED) is 0.522. The second kappa shape index (κ2) is 7.85. The number of fused-ring (bicyclic) bond motifs is 2. The van der Waals surface area contributed by atoms with Crippen molar-refractivity contribution >= 4 is 39.9 Å². The Morgan fingerprint density at radius 1 is 1.16 bits per heavy atom. The van der Waals surface area contributed by atoms with Gasteiger partial charge in [0, 0.05) is 35.1 Å². The summed E-state index contributed by atoms with van der Waals surface area (Å²) >= 11 is 6.22. The molecule has 0 saturated heterocycles. The first-order valence-corrected chi connectivity index (χ1v) is 10.1. The van der Waals surface area contributed by atoms with Gasteiger partial charge in [-0.3, -0.25) is 14.6 Å². The number of anilines is 1. The summed E-state index contributed by atoms with van der Waals surface area (Å²) < 4.78 is 5.16. The van der Waals surface area contributed by atoms with Crippen LogP contribution < -0.4 is 5.32 Å². The van der Waals surface area contributed by atoms with Gasteiger partial charge in [-0.1, -0.05) is 41.9 Å². The topological polar surface area (TPSA) is 88.3 Å². The van der Waals surface area contributed by atoms with Gasteiger partial charge < -0.3 is 14.6 Å². The largest absolute Gasteiger partial charge is 0.441 e. The maximum Gasteiger partial charge on any atom is 0.310 e.